The van der Waals surface area contributed by atoms with Crippen LogP contribution in [0.5, 0.6) is 0 Å². The summed E-state index contributed by atoms with van der Waals surface area (Å²) in [6.45, 7) is 1.92. The highest BCUT2D eigenvalue weighted by atomic mass is 19.4. The zero-order valence-corrected chi connectivity index (χ0v) is 12.4. The van der Waals surface area contributed by atoms with Gasteiger partial charge in [-0.2, -0.15) is 13.2 Å². The summed E-state index contributed by atoms with van der Waals surface area (Å²) in [5.41, 5.74) is 5.32. The summed E-state index contributed by atoms with van der Waals surface area (Å²) < 4.78 is 38.1. The third-order valence-electron chi connectivity index (χ3n) is 4.08. The Morgan fingerprint density at radius 3 is 2.82 bits per heavy atom. The number of primary amides is 1. The number of nitrogens with two attached hydrogens (primary N) is 1. The van der Waals surface area contributed by atoms with Crippen molar-refractivity contribution in [2.45, 2.75) is 31.9 Å². The van der Waals surface area contributed by atoms with Crippen LogP contribution in [0.3, 0.4) is 0 Å². The molecule has 1 amide bonds. The maximum atomic E-state index is 12.7. The second-order valence-corrected chi connectivity index (χ2v) is 5.95. The lowest BCUT2D eigenvalue weighted by Crippen LogP contribution is -2.40. The molecular weight excluding hydrogens is 293 g/mol. The highest BCUT2D eigenvalue weighted by Gasteiger charge is 2.30. The zero-order valence-electron chi connectivity index (χ0n) is 12.4. The van der Waals surface area contributed by atoms with Gasteiger partial charge in [-0.05, 0) is 49.8 Å². The molecule has 1 heterocycles. The van der Waals surface area contributed by atoms with Crippen LogP contribution < -0.4 is 5.73 Å². The Balaban J connectivity index is 1.88. The number of carbonyl (C=O) groups excluding carboxylic acids is 1. The first kappa shape index (κ1) is 16.8. The first-order chi connectivity index (χ1) is 10.3. The van der Waals surface area contributed by atoms with Crippen molar-refractivity contribution in [3.05, 3.63) is 35.4 Å². The summed E-state index contributed by atoms with van der Waals surface area (Å²) in [6, 6.07) is 5.51. The van der Waals surface area contributed by atoms with E-state index in [1.807, 2.05) is 4.90 Å². The lowest BCUT2D eigenvalue weighted by molar-refractivity contribution is -0.137. The van der Waals surface area contributed by atoms with Crippen LogP contribution >= 0.6 is 0 Å². The molecule has 1 aliphatic heterocycles. The molecule has 0 aromatic heterocycles. The Labute approximate surface area is 128 Å². The van der Waals surface area contributed by atoms with Crippen LogP contribution in [0.25, 0.3) is 0 Å². The number of nitrogens with zero attached hydrogens (tertiary/aromatic N) is 1. The maximum absolute atomic E-state index is 12.7. The average molecular weight is 314 g/mol. The predicted octanol–water partition coefficient (Wildman–Crippen LogP) is 2.84. The van der Waals surface area contributed by atoms with E-state index in [9.17, 15) is 18.0 Å². The van der Waals surface area contributed by atoms with Gasteiger partial charge in [-0.1, -0.05) is 18.2 Å². The average Bonchev–Trinajstić information content (AvgIpc) is 2.44. The van der Waals surface area contributed by atoms with E-state index in [1.165, 1.54) is 12.1 Å². The van der Waals surface area contributed by atoms with Gasteiger partial charge in [0.2, 0.25) is 5.91 Å². The molecule has 1 saturated heterocycles. The Morgan fingerprint density at radius 1 is 1.36 bits per heavy atom. The fourth-order valence-electron chi connectivity index (χ4n) is 3.02. The summed E-state index contributed by atoms with van der Waals surface area (Å²) in [6.07, 6.45) is -0.788. The number of hydrogen-bond acceptors (Lipinski definition) is 2. The first-order valence-electron chi connectivity index (χ1n) is 7.51. The van der Waals surface area contributed by atoms with E-state index in [0.29, 0.717) is 17.9 Å². The molecular formula is C16H21F3N2O. The lowest BCUT2D eigenvalue weighted by Gasteiger charge is -2.31. The fourth-order valence-corrected chi connectivity index (χ4v) is 3.02. The highest BCUT2D eigenvalue weighted by Crippen LogP contribution is 2.30. The van der Waals surface area contributed by atoms with Crippen LogP contribution in [0.2, 0.25) is 0 Å². The molecule has 1 aliphatic rings. The zero-order chi connectivity index (χ0) is 16.2. The molecule has 6 heteroatoms. The molecule has 1 aromatic carbocycles. The van der Waals surface area contributed by atoms with Gasteiger partial charge in [0.1, 0.15) is 0 Å². The third-order valence-corrected chi connectivity index (χ3v) is 4.08. The smallest absolute Gasteiger partial charge is 0.369 e. The summed E-state index contributed by atoms with van der Waals surface area (Å²) in [4.78, 5) is 13.0. The van der Waals surface area contributed by atoms with Gasteiger partial charge in [0, 0.05) is 6.54 Å². The second-order valence-electron chi connectivity index (χ2n) is 5.95. The molecule has 1 fully saturated rings. The van der Waals surface area contributed by atoms with Crippen LogP contribution in [-0.4, -0.2) is 30.4 Å². The van der Waals surface area contributed by atoms with Gasteiger partial charge in [-0.3, -0.25) is 9.69 Å². The number of hydrogen-bond donors (Lipinski definition) is 1. The standard InChI is InChI=1S/C16H21F3N2O/c17-16(18,19)14-5-1-3-12(9-14)6-7-13-4-2-8-21(10-13)11-15(20)22/h1,3,5,9,13H,2,4,6-8,10-11H2,(H2,20,22)/t13-/m1/s1. The molecule has 1 atom stereocenters. The molecule has 0 radical (unpaired) electrons. The van der Waals surface area contributed by atoms with Gasteiger partial charge in [0.25, 0.3) is 0 Å². The van der Waals surface area contributed by atoms with Gasteiger partial charge >= 0.3 is 6.18 Å². The number of rotatable bonds is 5. The molecule has 1 aromatic rings. The van der Waals surface area contributed by atoms with Crippen molar-refractivity contribution in [1.82, 2.24) is 4.90 Å². The number of likely N-dealkylation sites (tertiary alicyclic amines) is 1. The molecule has 0 bridgehead atoms. The number of benzene rings is 1. The molecule has 0 spiro atoms. The van der Waals surface area contributed by atoms with E-state index in [0.717, 1.165) is 38.4 Å². The molecule has 2 rings (SSSR count). The minimum Gasteiger partial charge on any atom is -0.369 e. The SMILES string of the molecule is NC(=O)CN1CCC[C@H](CCc2cccc(C(F)(F)F)c2)C1. The normalized spacial score (nSPS) is 20.0. The summed E-state index contributed by atoms with van der Waals surface area (Å²) in [7, 11) is 0. The van der Waals surface area contributed by atoms with E-state index in [-0.39, 0.29) is 12.5 Å². The van der Waals surface area contributed by atoms with Gasteiger partial charge < -0.3 is 5.73 Å². The molecule has 0 unspecified atom stereocenters. The molecule has 0 saturated carbocycles. The number of halogens is 3. The van der Waals surface area contributed by atoms with Gasteiger partial charge in [0.05, 0.1) is 12.1 Å². The van der Waals surface area contributed by atoms with Crippen molar-refractivity contribution < 1.29 is 18.0 Å². The Morgan fingerprint density at radius 2 is 2.14 bits per heavy atom. The number of carbonyl (C=O) groups is 1. The third kappa shape index (κ3) is 5.02. The van der Waals surface area contributed by atoms with Crippen molar-refractivity contribution >= 4 is 5.91 Å². The lowest BCUT2D eigenvalue weighted by atomic mass is 9.91. The quantitative estimate of drug-likeness (QED) is 0.908. The molecule has 0 aliphatic carbocycles. The number of piperidine rings is 1. The Bertz CT molecular complexity index is 516. The van der Waals surface area contributed by atoms with Crippen molar-refractivity contribution in [2.75, 3.05) is 19.6 Å². The van der Waals surface area contributed by atoms with Crippen molar-refractivity contribution in [1.29, 1.82) is 0 Å². The summed E-state index contributed by atoms with van der Waals surface area (Å²) in [5.74, 6) is 0.0705. The van der Waals surface area contributed by atoms with Crippen LogP contribution in [0.15, 0.2) is 24.3 Å². The first-order valence-corrected chi connectivity index (χ1v) is 7.51. The van der Waals surface area contributed by atoms with Gasteiger partial charge in [-0.15, -0.1) is 0 Å². The Hall–Kier alpha value is -1.56. The van der Waals surface area contributed by atoms with E-state index in [4.69, 9.17) is 5.73 Å². The number of alkyl halides is 3. The predicted molar refractivity (Wildman–Crippen MR) is 78.1 cm³/mol. The monoisotopic (exact) mass is 314 g/mol. The van der Waals surface area contributed by atoms with E-state index in [1.54, 1.807) is 6.07 Å². The van der Waals surface area contributed by atoms with Gasteiger partial charge in [0.15, 0.2) is 0 Å². The van der Waals surface area contributed by atoms with Gasteiger partial charge in [-0.25, -0.2) is 0 Å². The topological polar surface area (TPSA) is 46.3 Å². The van der Waals surface area contributed by atoms with Crippen molar-refractivity contribution in [3.63, 3.8) is 0 Å². The van der Waals surface area contributed by atoms with Crippen LogP contribution in [0.1, 0.15) is 30.4 Å². The van der Waals surface area contributed by atoms with Crippen molar-refractivity contribution in [2.24, 2.45) is 11.7 Å². The fraction of sp³-hybridized carbons (Fsp3) is 0.562. The molecule has 2 N–H and O–H groups in total. The number of aryl methyl sites for hydroxylation is 1. The second kappa shape index (κ2) is 7.13. The van der Waals surface area contributed by atoms with E-state index >= 15 is 0 Å². The molecule has 3 nitrogen and oxygen atoms in total. The van der Waals surface area contributed by atoms with Crippen molar-refractivity contribution in [3.8, 4) is 0 Å². The minimum absolute atomic E-state index is 0.264. The number of amides is 1. The summed E-state index contributed by atoms with van der Waals surface area (Å²) in [5, 5.41) is 0. The largest absolute Gasteiger partial charge is 0.416 e. The van der Waals surface area contributed by atoms with Crippen LogP contribution in [0.4, 0.5) is 13.2 Å². The van der Waals surface area contributed by atoms with E-state index in [2.05, 4.69) is 0 Å². The molecule has 122 valence electrons. The maximum Gasteiger partial charge on any atom is 0.416 e. The minimum atomic E-state index is -4.29. The summed E-state index contributed by atoms with van der Waals surface area (Å²) >= 11 is 0. The van der Waals surface area contributed by atoms with Crippen LogP contribution in [0, 0.1) is 5.92 Å². The Kier molecular flexibility index (Phi) is 5.45. The highest BCUT2D eigenvalue weighted by molar-refractivity contribution is 5.75. The van der Waals surface area contributed by atoms with E-state index < -0.39 is 11.7 Å². The molecule has 22 heavy (non-hydrogen) atoms. The van der Waals surface area contributed by atoms with Crippen LogP contribution in [-0.2, 0) is 17.4 Å².